The lowest BCUT2D eigenvalue weighted by Gasteiger charge is -2.32. The Balaban J connectivity index is 2.25. The first-order valence-corrected chi connectivity index (χ1v) is 4.52. The molecule has 0 radical (unpaired) electrons. The number of aliphatic hydroxyl groups excluding tert-OH is 1. The third kappa shape index (κ3) is 3.54. The van der Waals surface area contributed by atoms with Crippen molar-refractivity contribution in [3.05, 3.63) is 0 Å². The van der Waals surface area contributed by atoms with Crippen LogP contribution in [0.5, 0.6) is 0 Å². The summed E-state index contributed by atoms with van der Waals surface area (Å²) >= 11 is 0. The highest BCUT2D eigenvalue weighted by molar-refractivity contribution is 4.78. The molecule has 1 heterocycles. The minimum Gasteiger partial charge on any atom is -0.390 e. The van der Waals surface area contributed by atoms with Crippen molar-refractivity contribution < 1.29 is 13.9 Å². The molecule has 0 aromatic carbocycles. The fourth-order valence-electron chi connectivity index (χ4n) is 1.44. The average molecular weight is 194 g/mol. The number of nitrogens with zero attached hydrogens (tertiary/aromatic N) is 1. The Morgan fingerprint density at radius 1 is 1.38 bits per heavy atom. The number of halogens is 2. The number of alkyl halides is 2. The van der Waals surface area contributed by atoms with Gasteiger partial charge in [-0.2, -0.15) is 0 Å². The van der Waals surface area contributed by atoms with Gasteiger partial charge < -0.3 is 15.7 Å². The van der Waals surface area contributed by atoms with E-state index in [1.165, 1.54) is 0 Å². The fourth-order valence-corrected chi connectivity index (χ4v) is 1.44. The molecule has 1 rings (SSSR count). The van der Waals surface area contributed by atoms with Crippen LogP contribution in [-0.4, -0.2) is 48.2 Å². The van der Waals surface area contributed by atoms with E-state index < -0.39 is 12.0 Å². The summed E-state index contributed by atoms with van der Waals surface area (Å²) in [6.07, 6.45) is -0.805. The van der Waals surface area contributed by atoms with E-state index in [-0.39, 0.29) is 19.4 Å². The van der Waals surface area contributed by atoms with Crippen molar-refractivity contribution in [1.82, 2.24) is 4.90 Å². The molecule has 0 bridgehead atoms. The van der Waals surface area contributed by atoms with Crippen LogP contribution in [0, 0.1) is 0 Å². The van der Waals surface area contributed by atoms with Crippen LogP contribution >= 0.6 is 0 Å². The first-order valence-electron chi connectivity index (χ1n) is 4.52. The predicted molar refractivity (Wildman–Crippen MR) is 45.7 cm³/mol. The molecule has 1 saturated heterocycles. The second kappa shape index (κ2) is 4.30. The molecule has 1 unspecified atom stereocenters. The van der Waals surface area contributed by atoms with Gasteiger partial charge in [0.2, 0.25) is 0 Å². The van der Waals surface area contributed by atoms with Crippen LogP contribution in [0.3, 0.4) is 0 Å². The van der Waals surface area contributed by atoms with Crippen LogP contribution in [0.1, 0.15) is 12.8 Å². The zero-order valence-electron chi connectivity index (χ0n) is 7.55. The molecule has 0 aromatic heterocycles. The molecule has 0 aromatic rings. The van der Waals surface area contributed by atoms with Gasteiger partial charge in [-0.25, -0.2) is 8.78 Å². The van der Waals surface area contributed by atoms with Crippen LogP contribution in [0.2, 0.25) is 0 Å². The zero-order chi connectivity index (χ0) is 9.90. The van der Waals surface area contributed by atoms with Crippen molar-refractivity contribution in [2.75, 3.05) is 26.2 Å². The molecule has 78 valence electrons. The maximum atomic E-state index is 12.7. The fraction of sp³-hybridized carbons (Fsp3) is 1.00. The molecule has 3 N–H and O–H groups in total. The Kier molecular flexibility index (Phi) is 3.58. The van der Waals surface area contributed by atoms with Crippen molar-refractivity contribution in [2.45, 2.75) is 24.9 Å². The number of hydrogen-bond donors (Lipinski definition) is 2. The third-order valence-electron chi connectivity index (χ3n) is 2.33. The molecule has 1 fully saturated rings. The Morgan fingerprint density at radius 2 is 1.92 bits per heavy atom. The largest absolute Gasteiger partial charge is 0.390 e. The molecule has 0 spiro atoms. The molecule has 1 aliphatic rings. The monoisotopic (exact) mass is 194 g/mol. The number of nitrogens with two attached hydrogens (primary N) is 1. The Bertz CT molecular complexity index is 156. The maximum Gasteiger partial charge on any atom is 0.250 e. The molecular weight excluding hydrogens is 178 g/mol. The molecule has 3 nitrogen and oxygen atoms in total. The lowest BCUT2D eigenvalue weighted by Crippen LogP contribution is -2.44. The second-order valence-electron chi connectivity index (χ2n) is 3.55. The average Bonchev–Trinajstić information content (AvgIpc) is 2.08. The predicted octanol–water partition coefficient (Wildman–Crippen LogP) is 0.0371. The Morgan fingerprint density at radius 3 is 2.38 bits per heavy atom. The van der Waals surface area contributed by atoms with Gasteiger partial charge in [0.05, 0.1) is 6.10 Å². The lowest BCUT2D eigenvalue weighted by atomic mass is 10.1. The van der Waals surface area contributed by atoms with E-state index in [2.05, 4.69) is 0 Å². The number of aliphatic hydroxyl groups is 1. The number of β-amino-alcohol motifs (C(OH)–C–C–N with tert-alkyl or cyclic N) is 1. The van der Waals surface area contributed by atoms with Crippen molar-refractivity contribution in [3.8, 4) is 0 Å². The first-order chi connectivity index (χ1) is 6.03. The van der Waals surface area contributed by atoms with Crippen molar-refractivity contribution in [1.29, 1.82) is 0 Å². The van der Waals surface area contributed by atoms with Crippen molar-refractivity contribution in [3.63, 3.8) is 0 Å². The highest BCUT2D eigenvalue weighted by Gasteiger charge is 2.34. The molecule has 0 amide bonds. The van der Waals surface area contributed by atoms with Gasteiger partial charge in [-0.15, -0.1) is 0 Å². The van der Waals surface area contributed by atoms with Gasteiger partial charge in [0.25, 0.3) is 5.92 Å². The van der Waals surface area contributed by atoms with E-state index in [1.54, 1.807) is 0 Å². The van der Waals surface area contributed by atoms with Crippen LogP contribution in [-0.2, 0) is 0 Å². The standard InChI is InChI=1S/C8H16F2N2O/c9-8(10)1-3-12(4-2-8)6-7(13)5-11/h7,13H,1-6,11H2. The molecule has 0 saturated carbocycles. The Labute approximate surface area is 76.5 Å². The summed E-state index contributed by atoms with van der Waals surface area (Å²) in [7, 11) is 0. The lowest BCUT2D eigenvalue weighted by molar-refractivity contribution is -0.0606. The van der Waals surface area contributed by atoms with Gasteiger partial charge in [0, 0.05) is 39.0 Å². The van der Waals surface area contributed by atoms with Crippen LogP contribution in [0.15, 0.2) is 0 Å². The normalized spacial score (nSPS) is 25.8. The van der Waals surface area contributed by atoms with E-state index >= 15 is 0 Å². The minimum absolute atomic E-state index is 0.107. The summed E-state index contributed by atoms with van der Waals surface area (Å²) in [5.74, 6) is -2.51. The highest BCUT2D eigenvalue weighted by Crippen LogP contribution is 2.27. The van der Waals surface area contributed by atoms with Gasteiger partial charge >= 0.3 is 0 Å². The number of hydrogen-bond acceptors (Lipinski definition) is 3. The van der Waals surface area contributed by atoms with Crippen LogP contribution in [0.4, 0.5) is 8.78 Å². The second-order valence-corrected chi connectivity index (χ2v) is 3.55. The van der Waals surface area contributed by atoms with E-state index in [0.717, 1.165) is 0 Å². The van der Waals surface area contributed by atoms with Gasteiger partial charge in [0.1, 0.15) is 0 Å². The quantitative estimate of drug-likeness (QED) is 0.666. The number of rotatable bonds is 3. The number of piperidine rings is 1. The van der Waals surface area contributed by atoms with Crippen molar-refractivity contribution in [2.24, 2.45) is 5.73 Å². The van der Waals surface area contributed by atoms with E-state index in [9.17, 15) is 13.9 Å². The summed E-state index contributed by atoms with van der Waals surface area (Å²) in [5.41, 5.74) is 5.22. The third-order valence-corrected chi connectivity index (χ3v) is 2.33. The summed E-state index contributed by atoms with van der Waals surface area (Å²) in [4.78, 5) is 1.83. The summed E-state index contributed by atoms with van der Waals surface area (Å²) < 4.78 is 25.4. The van der Waals surface area contributed by atoms with Gasteiger partial charge in [-0.05, 0) is 0 Å². The minimum atomic E-state index is -2.51. The molecule has 1 aliphatic heterocycles. The maximum absolute atomic E-state index is 12.7. The Hall–Kier alpha value is -0.260. The molecule has 1 atom stereocenters. The van der Waals surface area contributed by atoms with Gasteiger partial charge in [0.15, 0.2) is 0 Å². The topological polar surface area (TPSA) is 49.5 Å². The first kappa shape index (κ1) is 10.8. The molecular formula is C8H16F2N2O. The highest BCUT2D eigenvalue weighted by atomic mass is 19.3. The molecule has 5 heteroatoms. The van der Waals surface area contributed by atoms with Gasteiger partial charge in [-0.3, -0.25) is 0 Å². The summed E-state index contributed by atoms with van der Waals surface area (Å²) in [5, 5.41) is 9.19. The molecule has 13 heavy (non-hydrogen) atoms. The van der Waals surface area contributed by atoms with Crippen LogP contribution in [0.25, 0.3) is 0 Å². The zero-order valence-corrected chi connectivity index (χ0v) is 7.55. The van der Waals surface area contributed by atoms with Crippen LogP contribution < -0.4 is 5.73 Å². The van der Waals surface area contributed by atoms with E-state index in [4.69, 9.17) is 5.73 Å². The summed E-state index contributed by atoms with van der Waals surface area (Å²) in [6.45, 7) is 1.30. The van der Waals surface area contributed by atoms with E-state index in [0.29, 0.717) is 19.6 Å². The number of likely N-dealkylation sites (tertiary alicyclic amines) is 1. The SMILES string of the molecule is NCC(O)CN1CCC(F)(F)CC1. The van der Waals surface area contributed by atoms with E-state index in [1.807, 2.05) is 4.90 Å². The summed E-state index contributed by atoms with van der Waals surface area (Å²) in [6, 6.07) is 0. The van der Waals surface area contributed by atoms with Gasteiger partial charge in [-0.1, -0.05) is 0 Å². The van der Waals surface area contributed by atoms with Crippen molar-refractivity contribution >= 4 is 0 Å². The smallest absolute Gasteiger partial charge is 0.250 e. The molecule has 0 aliphatic carbocycles.